The molecule has 10 heteroatoms. The van der Waals surface area contributed by atoms with E-state index in [0.717, 1.165) is 25.7 Å². The maximum Gasteiger partial charge on any atom is 0.472 e. The molecule has 0 aromatic heterocycles. The number of quaternary nitrogens is 1. The van der Waals surface area contributed by atoms with E-state index in [9.17, 15) is 19.0 Å². The van der Waals surface area contributed by atoms with Crippen LogP contribution in [0.2, 0.25) is 0 Å². The van der Waals surface area contributed by atoms with Gasteiger partial charge in [-0.1, -0.05) is 184 Å². The molecule has 9 nitrogen and oxygen atoms in total. The van der Waals surface area contributed by atoms with Crippen molar-refractivity contribution < 1.29 is 42.1 Å². The third-order valence-electron chi connectivity index (χ3n) is 8.94. The lowest BCUT2D eigenvalue weighted by atomic mass is 10.0. The molecule has 1 N–H and O–H groups in total. The summed E-state index contributed by atoms with van der Waals surface area (Å²) in [5.74, 6) is -0.885. The molecule has 318 valence electrons. The number of ether oxygens (including phenoxy) is 2. The number of allylic oxidation sites excluding steroid dienone is 10. The second-order valence-electron chi connectivity index (χ2n) is 15.5. The Morgan fingerprint density at radius 3 is 1.53 bits per heavy atom. The molecule has 0 aliphatic rings. The molecule has 0 aromatic carbocycles. The lowest BCUT2D eigenvalue weighted by Crippen LogP contribution is -2.37. The average Bonchev–Trinajstić information content (AvgIpc) is 3.13. The second kappa shape index (κ2) is 37.3. The van der Waals surface area contributed by atoms with Gasteiger partial charge in [0.2, 0.25) is 0 Å². The summed E-state index contributed by atoms with van der Waals surface area (Å²) in [5, 5.41) is 0. The largest absolute Gasteiger partial charge is 0.472 e. The van der Waals surface area contributed by atoms with Crippen LogP contribution in [0.1, 0.15) is 162 Å². The SMILES string of the molecule is CC/C=C/C=C/C=C/C=C/C=C/CCCC(=O)OC(COC(=O)CCCCCCCCCCCCCCCCCCCC)COP(=O)(O)OCC[N+](C)(C)C. The van der Waals surface area contributed by atoms with E-state index >= 15 is 0 Å². The number of phosphoric acid groups is 1. The highest BCUT2D eigenvalue weighted by Crippen LogP contribution is 2.43. The Kier molecular flexibility index (Phi) is 35.7. The average molecular weight is 795 g/mol. The molecule has 0 aliphatic heterocycles. The number of phosphoric ester groups is 1. The number of carbonyl (C=O) groups is 2. The van der Waals surface area contributed by atoms with Crippen LogP contribution >= 0.6 is 7.82 Å². The number of hydrogen-bond donors (Lipinski definition) is 1. The Morgan fingerprint density at radius 2 is 1.04 bits per heavy atom. The van der Waals surface area contributed by atoms with Gasteiger partial charge in [0.15, 0.2) is 6.10 Å². The Bertz CT molecular complexity index is 1120. The first-order chi connectivity index (χ1) is 26.5. The molecule has 0 aromatic rings. The molecule has 2 atom stereocenters. The van der Waals surface area contributed by atoms with Crippen LogP contribution in [0, 0.1) is 0 Å². The van der Waals surface area contributed by atoms with Crippen molar-refractivity contribution in [3.8, 4) is 0 Å². The molecule has 55 heavy (non-hydrogen) atoms. The third kappa shape index (κ3) is 41.2. The van der Waals surface area contributed by atoms with Gasteiger partial charge in [0.25, 0.3) is 0 Å². The van der Waals surface area contributed by atoms with E-state index in [4.69, 9.17) is 18.5 Å². The number of rotatable bonds is 38. The predicted molar refractivity (Wildman–Crippen MR) is 229 cm³/mol. The van der Waals surface area contributed by atoms with Gasteiger partial charge < -0.3 is 18.9 Å². The summed E-state index contributed by atoms with van der Waals surface area (Å²) in [6.07, 6.45) is 44.3. The van der Waals surface area contributed by atoms with Crippen molar-refractivity contribution in [3.05, 3.63) is 60.8 Å². The molecule has 0 fully saturated rings. The fourth-order valence-electron chi connectivity index (χ4n) is 5.57. The van der Waals surface area contributed by atoms with Crippen LogP contribution in [0.4, 0.5) is 0 Å². The highest BCUT2D eigenvalue weighted by Gasteiger charge is 2.27. The van der Waals surface area contributed by atoms with E-state index in [-0.39, 0.29) is 32.0 Å². The van der Waals surface area contributed by atoms with Gasteiger partial charge in [-0.25, -0.2) is 4.57 Å². The summed E-state index contributed by atoms with van der Waals surface area (Å²) in [7, 11) is 1.42. The minimum atomic E-state index is -4.39. The fraction of sp³-hybridized carbons (Fsp3) is 0.733. The van der Waals surface area contributed by atoms with Crippen LogP contribution in [0.15, 0.2) is 60.8 Å². The monoisotopic (exact) mass is 795 g/mol. The lowest BCUT2D eigenvalue weighted by Gasteiger charge is -2.24. The topological polar surface area (TPSA) is 108 Å². The molecular formula is C45H81NO8P+. The summed E-state index contributed by atoms with van der Waals surface area (Å²) in [6.45, 7) is 4.19. The van der Waals surface area contributed by atoms with Gasteiger partial charge in [-0.15, -0.1) is 0 Å². The smallest absolute Gasteiger partial charge is 0.462 e. The summed E-state index contributed by atoms with van der Waals surface area (Å²) < 4.78 is 34.2. The van der Waals surface area contributed by atoms with Crippen LogP contribution < -0.4 is 0 Å². The molecule has 0 saturated carbocycles. The summed E-state index contributed by atoms with van der Waals surface area (Å²) in [4.78, 5) is 35.3. The number of esters is 2. The molecule has 0 aliphatic carbocycles. The van der Waals surface area contributed by atoms with Crippen LogP contribution in [0.5, 0.6) is 0 Å². The van der Waals surface area contributed by atoms with E-state index in [2.05, 4.69) is 19.9 Å². The predicted octanol–water partition coefficient (Wildman–Crippen LogP) is 12.1. The minimum absolute atomic E-state index is 0.0167. The number of unbranched alkanes of at least 4 members (excludes halogenated alkanes) is 18. The van der Waals surface area contributed by atoms with E-state index in [1.165, 1.54) is 96.3 Å². The van der Waals surface area contributed by atoms with Gasteiger partial charge in [0, 0.05) is 12.8 Å². The molecular weight excluding hydrogens is 713 g/mol. The van der Waals surface area contributed by atoms with Crippen LogP contribution in [-0.2, 0) is 32.7 Å². The second-order valence-corrected chi connectivity index (χ2v) is 16.9. The minimum Gasteiger partial charge on any atom is -0.462 e. The molecule has 0 amide bonds. The number of carbonyl (C=O) groups excluding carboxylic acids is 2. The zero-order valence-electron chi connectivity index (χ0n) is 35.6. The van der Waals surface area contributed by atoms with Crippen molar-refractivity contribution in [1.29, 1.82) is 0 Å². The molecule has 0 spiro atoms. The van der Waals surface area contributed by atoms with E-state index in [1.807, 2.05) is 75.8 Å². The molecule has 0 saturated heterocycles. The molecule has 0 radical (unpaired) electrons. The lowest BCUT2D eigenvalue weighted by molar-refractivity contribution is -0.870. The molecule has 0 heterocycles. The van der Waals surface area contributed by atoms with Gasteiger partial charge in [-0.3, -0.25) is 18.6 Å². The zero-order valence-corrected chi connectivity index (χ0v) is 36.5. The van der Waals surface area contributed by atoms with Gasteiger partial charge in [0.1, 0.15) is 19.8 Å². The van der Waals surface area contributed by atoms with Gasteiger partial charge in [-0.05, 0) is 25.7 Å². The van der Waals surface area contributed by atoms with Crippen LogP contribution in [0.25, 0.3) is 0 Å². The number of nitrogens with zero attached hydrogens (tertiary/aromatic N) is 1. The van der Waals surface area contributed by atoms with Gasteiger partial charge in [-0.2, -0.15) is 0 Å². The first-order valence-corrected chi connectivity index (χ1v) is 23.1. The maximum atomic E-state index is 12.6. The molecule has 2 unspecified atom stereocenters. The summed E-state index contributed by atoms with van der Waals surface area (Å²) in [6, 6.07) is 0. The Hall–Kier alpha value is -2.29. The Morgan fingerprint density at radius 1 is 0.582 bits per heavy atom. The van der Waals surface area contributed by atoms with E-state index in [1.54, 1.807) is 0 Å². The number of likely N-dealkylation sites (N-methyl/N-ethyl adjacent to an activating group) is 1. The summed E-state index contributed by atoms with van der Waals surface area (Å²) >= 11 is 0. The van der Waals surface area contributed by atoms with Crippen molar-refractivity contribution in [1.82, 2.24) is 0 Å². The standard InChI is InChI=1S/C45H80NO8P/c1-6-8-10-12-14-16-18-20-21-22-23-24-26-27-29-31-33-35-37-44(47)51-41-43(42-53-55(49,50)52-40-39-46(3,4)5)54-45(48)38-36-34-32-30-28-25-19-17-15-13-11-9-7-2/h9,11,13,15,17,19,25,28,30,32,43H,6-8,10,12,14,16,18,20-24,26-27,29,31,33-42H2,1-5H3/p+1/b11-9+,15-13+,19-17+,28-25+,32-30+. The van der Waals surface area contributed by atoms with E-state index in [0.29, 0.717) is 23.9 Å². The van der Waals surface area contributed by atoms with Crippen molar-refractivity contribution in [2.45, 2.75) is 168 Å². The van der Waals surface area contributed by atoms with Gasteiger partial charge >= 0.3 is 19.8 Å². The first-order valence-electron chi connectivity index (χ1n) is 21.6. The first kappa shape index (κ1) is 52.7. The van der Waals surface area contributed by atoms with Crippen molar-refractivity contribution in [2.24, 2.45) is 0 Å². The van der Waals surface area contributed by atoms with Crippen LogP contribution in [-0.4, -0.2) is 74.9 Å². The highest BCUT2D eigenvalue weighted by atomic mass is 31.2. The van der Waals surface area contributed by atoms with Crippen molar-refractivity contribution >= 4 is 19.8 Å². The Balaban J connectivity index is 4.41. The van der Waals surface area contributed by atoms with Crippen LogP contribution in [0.3, 0.4) is 0 Å². The quantitative estimate of drug-likeness (QED) is 0.0216. The number of hydrogen-bond acceptors (Lipinski definition) is 7. The van der Waals surface area contributed by atoms with Crippen molar-refractivity contribution in [2.75, 3.05) is 47.5 Å². The van der Waals surface area contributed by atoms with Crippen molar-refractivity contribution in [3.63, 3.8) is 0 Å². The third-order valence-corrected chi connectivity index (χ3v) is 9.92. The Labute approximate surface area is 336 Å². The maximum absolute atomic E-state index is 12.6. The highest BCUT2D eigenvalue weighted by molar-refractivity contribution is 7.47. The molecule has 0 bridgehead atoms. The fourth-order valence-corrected chi connectivity index (χ4v) is 6.31. The van der Waals surface area contributed by atoms with E-state index < -0.39 is 26.5 Å². The zero-order chi connectivity index (χ0) is 40.7. The van der Waals surface area contributed by atoms with Gasteiger partial charge in [0.05, 0.1) is 27.7 Å². The molecule has 0 rings (SSSR count). The summed E-state index contributed by atoms with van der Waals surface area (Å²) in [5.41, 5.74) is 0. The normalized spacial score (nSPS) is 14.2.